The minimum absolute atomic E-state index is 0.177. The van der Waals surface area contributed by atoms with Crippen LogP contribution in [0.4, 0.5) is 10.2 Å². The Balaban J connectivity index is 2.61. The number of aromatic amines is 1. The van der Waals surface area contributed by atoms with Crippen molar-refractivity contribution in [3.05, 3.63) is 44.4 Å². The van der Waals surface area contributed by atoms with Gasteiger partial charge in [0.25, 0.3) is 5.56 Å². The highest BCUT2D eigenvalue weighted by atomic mass is 79.9. The summed E-state index contributed by atoms with van der Waals surface area (Å²) in [7, 11) is 0. The average Bonchev–Trinajstić information content (AvgIpc) is 2.27. The van der Waals surface area contributed by atoms with Gasteiger partial charge in [0.2, 0.25) is 0 Å². The number of aromatic nitrogens is 2. The van der Waals surface area contributed by atoms with Gasteiger partial charge in [0.15, 0.2) is 0 Å². The van der Waals surface area contributed by atoms with E-state index in [0.29, 0.717) is 22.0 Å². The number of hydrogen-bond donors (Lipinski definition) is 2. The summed E-state index contributed by atoms with van der Waals surface area (Å²) >= 11 is 3.18. The molecule has 0 aliphatic carbocycles. The molecule has 6 heteroatoms. The van der Waals surface area contributed by atoms with Gasteiger partial charge in [-0.05, 0) is 24.6 Å². The monoisotopic (exact) mass is 311 g/mol. The van der Waals surface area contributed by atoms with Crippen LogP contribution in [0.1, 0.15) is 12.5 Å². The van der Waals surface area contributed by atoms with Gasteiger partial charge >= 0.3 is 0 Å². The topological polar surface area (TPSA) is 71.8 Å². The molecule has 0 amide bonds. The molecule has 4 nitrogen and oxygen atoms in total. The van der Waals surface area contributed by atoms with Crippen LogP contribution in [0.3, 0.4) is 0 Å². The van der Waals surface area contributed by atoms with Crippen molar-refractivity contribution in [1.82, 2.24) is 9.97 Å². The molecule has 0 unspecified atom stereocenters. The molecule has 0 fully saturated rings. The molecule has 1 aromatic carbocycles. The molecule has 3 N–H and O–H groups in total. The van der Waals surface area contributed by atoms with Crippen LogP contribution >= 0.6 is 15.9 Å². The Hall–Kier alpha value is -1.69. The normalized spacial score (nSPS) is 10.6. The molecule has 0 saturated heterocycles. The van der Waals surface area contributed by atoms with Crippen molar-refractivity contribution in [2.45, 2.75) is 13.3 Å². The minimum atomic E-state index is -0.417. The molecule has 1 aromatic heterocycles. The van der Waals surface area contributed by atoms with Crippen LogP contribution in [-0.2, 0) is 6.42 Å². The summed E-state index contributed by atoms with van der Waals surface area (Å²) in [5.41, 5.74) is 6.32. The van der Waals surface area contributed by atoms with Crippen molar-refractivity contribution < 1.29 is 4.39 Å². The first-order valence-electron chi connectivity index (χ1n) is 5.36. The van der Waals surface area contributed by atoms with Crippen LogP contribution in [0.5, 0.6) is 0 Å². The van der Waals surface area contributed by atoms with E-state index in [9.17, 15) is 9.18 Å². The van der Waals surface area contributed by atoms with E-state index in [-0.39, 0.29) is 17.2 Å². The van der Waals surface area contributed by atoms with Crippen molar-refractivity contribution in [2.24, 2.45) is 0 Å². The summed E-state index contributed by atoms with van der Waals surface area (Å²) in [6, 6.07) is 4.27. The summed E-state index contributed by atoms with van der Waals surface area (Å²) in [6.45, 7) is 1.82. The number of nitrogens with zero attached hydrogens (tertiary/aromatic N) is 1. The summed E-state index contributed by atoms with van der Waals surface area (Å²) in [5, 5.41) is 0. The van der Waals surface area contributed by atoms with Gasteiger partial charge in [-0.2, -0.15) is 0 Å². The molecule has 0 bridgehead atoms. The highest BCUT2D eigenvalue weighted by molar-refractivity contribution is 9.10. The fraction of sp³-hybridized carbons (Fsp3) is 0.167. The lowest BCUT2D eigenvalue weighted by molar-refractivity contribution is 0.627. The van der Waals surface area contributed by atoms with E-state index in [1.807, 2.05) is 6.92 Å². The van der Waals surface area contributed by atoms with E-state index in [1.54, 1.807) is 6.07 Å². The lowest BCUT2D eigenvalue weighted by atomic mass is 10.2. The Morgan fingerprint density at radius 3 is 2.72 bits per heavy atom. The molecule has 2 aromatic rings. The molecule has 94 valence electrons. The van der Waals surface area contributed by atoms with E-state index in [1.165, 1.54) is 12.1 Å². The second-order valence-electron chi connectivity index (χ2n) is 3.79. The van der Waals surface area contributed by atoms with E-state index < -0.39 is 5.82 Å². The number of H-pyrrole nitrogens is 1. The van der Waals surface area contributed by atoms with Gasteiger partial charge in [-0.15, -0.1) is 0 Å². The third-order valence-electron chi connectivity index (χ3n) is 2.54. The first-order chi connectivity index (χ1) is 8.51. The molecule has 18 heavy (non-hydrogen) atoms. The fourth-order valence-electron chi connectivity index (χ4n) is 1.68. The predicted molar refractivity (Wildman–Crippen MR) is 71.7 cm³/mol. The summed E-state index contributed by atoms with van der Waals surface area (Å²) in [6.07, 6.45) is 0.501. The van der Waals surface area contributed by atoms with Crippen molar-refractivity contribution in [2.75, 3.05) is 5.73 Å². The minimum Gasteiger partial charge on any atom is -0.383 e. The third-order valence-corrected chi connectivity index (χ3v) is 2.99. The molecule has 0 saturated carbocycles. The van der Waals surface area contributed by atoms with Crippen LogP contribution in [0.15, 0.2) is 27.5 Å². The Kier molecular flexibility index (Phi) is 3.47. The van der Waals surface area contributed by atoms with Gasteiger partial charge in [0.1, 0.15) is 17.5 Å². The smallest absolute Gasteiger partial charge is 0.256 e. The Labute approximate surface area is 111 Å². The SMILES string of the molecule is CCc1c(N)nc(-c2cc(F)cc(Br)c2)[nH]c1=O. The standard InChI is InChI=1S/C12H11BrFN3O/c1-2-9-10(15)16-11(17-12(9)18)6-3-7(13)5-8(14)4-6/h3-5H,2H2,1H3,(H3,15,16,17,18). The largest absolute Gasteiger partial charge is 0.383 e. The Morgan fingerprint density at radius 1 is 1.44 bits per heavy atom. The molecule has 1 heterocycles. The van der Waals surface area contributed by atoms with Gasteiger partial charge in [-0.1, -0.05) is 22.9 Å². The average molecular weight is 312 g/mol. The summed E-state index contributed by atoms with van der Waals surface area (Å²) < 4.78 is 13.8. The number of nitrogens with two attached hydrogens (primary N) is 1. The molecule has 0 atom stereocenters. The lowest BCUT2D eigenvalue weighted by Gasteiger charge is -2.06. The van der Waals surface area contributed by atoms with Crippen LogP contribution in [0, 0.1) is 5.82 Å². The van der Waals surface area contributed by atoms with Crippen LogP contribution in [-0.4, -0.2) is 9.97 Å². The van der Waals surface area contributed by atoms with E-state index >= 15 is 0 Å². The second-order valence-corrected chi connectivity index (χ2v) is 4.71. The number of hydrogen-bond acceptors (Lipinski definition) is 3. The highest BCUT2D eigenvalue weighted by Gasteiger charge is 2.10. The first-order valence-corrected chi connectivity index (χ1v) is 6.15. The van der Waals surface area contributed by atoms with Crippen LogP contribution in [0.25, 0.3) is 11.4 Å². The quantitative estimate of drug-likeness (QED) is 0.895. The predicted octanol–water partition coefficient (Wildman–Crippen LogP) is 2.48. The van der Waals surface area contributed by atoms with Gasteiger partial charge in [0, 0.05) is 10.0 Å². The van der Waals surface area contributed by atoms with E-state index in [0.717, 1.165) is 0 Å². The van der Waals surface area contributed by atoms with Crippen LogP contribution < -0.4 is 11.3 Å². The molecule has 0 radical (unpaired) electrons. The zero-order valence-electron chi connectivity index (χ0n) is 9.63. The van der Waals surface area contributed by atoms with Crippen molar-refractivity contribution in [1.29, 1.82) is 0 Å². The molecule has 2 rings (SSSR count). The number of anilines is 1. The first kappa shape index (κ1) is 12.8. The van der Waals surface area contributed by atoms with Gasteiger partial charge in [-0.3, -0.25) is 4.79 Å². The number of nitrogens with one attached hydrogen (secondary N) is 1. The zero-order chi connectivity index (χ0) is 13.3. The molecular formula is C12H11BrFN3O. The number of benzene rings is 1. The van der Waals surface area contributed by atoms with E-state index in [2.05, 4.69) is 25.9 Å². The third kappa shape index (κ3) is 2.43. The Bertz CT molecular complexity index is 634. The summed E-state index contributed by atoms with van der Waals surface area (Å²) in [5.74, 6) is 0.0201. The molecule has 0 spiro atoms. The van der Waals surface area contributed by atoms with Gasteiger partial charge in [-0.25, -0.2) is 9.37 Å². The maximum absolute atomic E-state index is 13.3. The number of nitrogen functional groups attached to an aromatic ring is 1. The van der Waals surface area contributed by atoms with Crippen LogP contribution in [0.2, 0.25) is 0 Å². The number of halogens is 2. The maximum Gasteiger partial charge on any atom is 0.256 e. The lowest BCUT2D eigenvalue weighted by Crippen LogP contribution is -2.17. The van der Waals surface area contributed by atoms with Gasteiger partial charge in [0.05, 0.1) is 5.56 Å². The highest BCUT2D eigenvalue weighted by Crippen LogP contribution is 2.22. The molecule has 0 aliphatic rings. The fourth-order valence-corrected chi connectivity index (χ4v) is 2.15. The zero-order valence-corrected chi connectivity index (χ0v) is 11.2. The van der Waals surface area contributed by atoms with Crippen molar-refractivity contribution >= 4 is 21.7 Å². The van der Waals surface area contributed by atoms with E-state index in [4.69, 9.17) is 5.73 Å². The van der Waals surface area contributed by atoms with Crippen molar-refractivity contribution in [3.8, 4) is 11.4 Å². The second kappa shape index (κ2) is 4.89. The maximum atomic E-state index is 13.3. The molecular weight excluding hydrogens is 301 g/mol. The Morgan fingerprint density at radius 2 is 2.17 bits per heavy atom. The summed E-state index contributed by atoms with van der Waals surface area (Å²) in [4.78, 5) is 18.5. The number of rotatable bonds is 2. The molecule has 0 aliphatic heterocycles. The van der Waals surface area contributed by atoms with Crippen molar-refractivity contribution in [3.63, 3.8) is 0 Å². The van der Waals surface area contributed by atoms with Gasteiger partial charge < -0.3 is 10.7 Å².